The molecule has 1 saturated carbocycles. The first-order valence-corrected chi connectivity index (χ1v) is 12.8. The third kappa shape index (κ3) is 6.12. The Balaban J connectivity index is 0.000000860. The summed E-state index contributed by atoms with van der Waals surface area (Å²) in [5.74, 6) is 1.40. The first-order chi connectivity index (χ1) is 15.7. The standard InChI is InChI=1S/C26H31NO.2C2H6/c1-3-4-12-26(28)20-15-13-19(14-16-20)21-9-7-10-22(17-21)25-18-23-8-5-6-11-24(23)27(25)2;2*1-2/h5-11,17-20H,3-4,12-16H2,1-2H3;2*1-2H3. The molecule has 0 spiro atoms. The quantitative estimate of drug-likeness (QED) is 0.380. The number of Topliss-reactive ketones (excluding diaryl/α,β-unsaturated/α-hetero) is 1. The van der Waals surface area contributed by atoms with Gasteiger partial charge in [0.2, 0.25) is 0 Å². The molecule has 1 fully saturated rings. The van der Waals surface area contributed by atoms with Crippen LogP contribution in [0.2, 0.25) is 0 Å². The first-order valence-electron chi connectivity index (χ1n) is 12.8. The highest BCUT2D eigenvalue weighted by molar-refractivity contribution is 5.87. The molecule has 0 atom stereocenters. The molecule has 1 heterocycles. The highest BCUT2D eigenvalue weighted by Gasteiger charge is 2.26. The lowest BCUT2D eigenvalue weighted by molar-refractivity contribution is -0.124. The average molecular weight is 434 g/mol. The smallest absolute Gasteiger partial charge is 0.135 e. The van der Waals surface area contributed by atoms with Crippen molar-refractivity contribution in [3.8, 4) is 11.3 Å². The zero-order chi connectivity index (χ0) is 23.5. The fourth-order valence-corrected chi connectivity index (χ4v) is 4.82. The van der Waals surface area contributed by atoms with Crippen molar-refractivity contribution in [2.45, 2.75) is 85.5 Å². The maximum absolute atomic E-state index is 12.4. The lowest BCUT2D eigenvalue weighted by atomic mass is 9.76. The number of carbonyl (C=O) groups is 1. The summed E-state index contributed by atoms with van der Waals surface area (Å²) in [6.45, 7) is 10.2. The van der Waals surface area contributed by atoms with E-state index < -0.39 is 0 Å². The predicted octanol–water partition coefficient (Wildman–Crippen LogP) is 8.93. The number of aryl methyl sites for hydroxylation is 1. The molecule has 0 N–H and O–H groups in total. The summed E-state index contributed by atoms with van der Waals surface area (Å²) in [7, 11) is 2.15. The number of aromatic nitrogens is 1. The van der Waals surface area contributed by atoms with Gasteiger partial charge in [0, 0.05) is 36.0 Å². The molecule has 2 heteroatoms. The molecule has 2 nitrogen and oxygen atoms in total. The molecule has 1 aliphatic rings. The van der Waals surface area contributed by atoms with E-state index in [2.05, 4.69) is 73.1 Å². The topological polar surface area (TPSA) is 22.0 Å². The van der Waals surface area contributed by atoms with E-state index in [4.69, 9.17) is 0 Å². The van der Waals surface area contributed by atoms with Crippen molar-refractivity contribution >= 4 is 16.7 Å². The Kier molecular flexibility index (Phi) is 10.7. The summed E-state index contributed by atoms with van der Waals surface area (Å²) in [5.41, 5.74) is 5.26. The second kappa shape index (κ2) is 13.3. The Hall–Kier alpha value is -2.35. The molecule has 0 unspecified atom stereocenters. The van der Waals surface area contributed by atoms with E-state index in [9.17, 15) is 4.79 Å². The van der Waals surface area contributed by atoms with Gasteiger partial charge in [-0.15, -0.1) is 0 Å². The third-order valence-corrected chi connectivity index (χ3v) is 6.56. The number of ketones is 1. The number of unbranched alkanes of at least 4 members (excludes halogenated alkanes) is 1. The van der Waals surface area contributed by atoms with E-state index in [-0.39, 0.29) is 0 Å². The molecule has 0 aliphatic heterocycles. The van der Waals surface area contributed by atoms with E-state index in [1.807, 2.05) is 27.7 Å². The fourth-order valence-electron chi connectivity index (χ4n) is 4.82. The summed E-state index contributed by atoms with van der Waals surface area (Å²) in [6.07, 6.45) is 7.34. The van der Waals surface area contributed by atoms with E-state index >= 15 is 0 Å². The monoisotopic (exact) mass is 433 g/mol. The van der Waals surface area contributed by atoms with Gasteiger partial charge in [-0.1, -0.05) is 77.4 Å². The van der Waals surface area contributed by atoms with Crippen molar-refractivity contribution in [2.75, 3.05) is 0 Å². The fraction of sp³-hybridized carbons (Fsp3) is 0.500. The van der Waals surface area contributed by atoms with E-state index in [0.29, 0.717) is 17.6 Å². The Labute approximate surface area is 196 Å². The molecular weight excluding hydrogens is 390 g/mol. The number of hydrogen-bond donors (Lipinski definition) is 0. The summed E-state index contributed by atoms with van der Waals surface area (Å²) in [6, 6.07) is 19.9. The van der Waals surface area contributed by atoms with Crippen LogP contribution in [0.3, 0.4) is 0 Å². The van der Waals surface area contributed by atoms with Crippen LogP contribution < -0.4 is 0 Å². The van der Waals surface area contributed by atoms with Gasteiger partial charge in [-0.25, -0.2) is 0 Å². The molecule has 3 aromatic rings. The second-order valence-corrected chi connectivity index (χ2v) is 8.39. The van der Waals surface area contributed by atoms with Gasteiger partial charge in [-0.2, -0.15) is 0 Å². The normalized spacial score (nSPS) is 17.7. The van der Waals surface area contributed by atoms with Gasteiger partial charge in [0.05, 0.1) is 0 Å². The number of nitrogens with zero attached hydrogens (tertiary/aromatic N) is 1. The summed E-state index contributed by atoms with van der Waals surface area (Å²) in [5, 5.41) is 1.29. The van der Waals surface area contributed by atoms with Crippen molar-refractivity contribution in [2.24, 2.45) is 13.0 Å². The molecule has 0 amide bonds. The van der Waals surface area contributed by atoms with Crippen LogP contribution in [0, 0.1) is 5.92 Å². The number of benzene rings is 2. The minimum atomic E-state index is 0.309. The van der Waals surface area contributed by atoms with Crippen LogP contribution in [-0.2, 0) is 11.8 Å². The lowest BCUT2D eigenvalue weighted by Crippen LogP contribution is -2.21. The molecule has 1 aliphatic carbocycles. The minimum absolute atomic E-state index is 0.309. The van der Waals surface area contributed by atoms with Gasteiger partial charge in [0.25, 0.3) is 0 Å². The summed E-state index contributed by atoms with van der Waals surface area (Å²) >= 11 is 0. The molecular formula is C30H43NO. The molecule has 1 aromatic heterocycles. The Morgan fingerprint density at radius 3 is 2.25 bits per heavy atom. The van der Waals surface area contributed by atoms with Gasteiger partial charge in [0.1, 0.15) is 5.78 Å². The van der Waals surface area contributed by atoms with Crippen LogP contribution in [0.4, 0.5) is 0 Å². The maximum Gasteiger partial charge on any atom is 0.135 e. The lowest BCUT2D eigenvalue weighted by Gasteiger charge is -2.28. The maximum atomic E-state index is 12.4. The van der Waals surface area contributed by atoms with Crippen molar-refractivity contribution in [3.05, 3.63) is 60.2 Å². The van der Waals surface area contributed by atoms with Crippen LogP contribution in [0.15, 0.2) is 54.6 Å². The molecule has 2 aromatic carbocycles. The SMILES string of the molecule is CC.CC.CCCCC(=O)C1CCC(c2cccc(-c3cc4ccccc4n3C)c2)CC1. The summed E-state index contributed by atoms with van der Waals surface area (Å²) < 4.78 is 2.29. The van der Waals surface area contributed by atoms with Crippen LogP contribution in [0.1, 0.15) is 91.0 Å². The highest BCUT2D eigenvalue weighted by atomic mass is 16.1. The van der Waals surface area contributed by atoms with Crippen LogP contribution in [0.25, 0.3) is 22.2 Å². The summed E-state index contributed by atoms with van der Waals surface area (Å²) in [4.78, 5) is 12.4. The number of hydrogen-bond acceptors (Lipinski definition) is 1. The molecule has 32 heavy (non-hydrogen) atoms. The molecule has 0 radical (unpaired) electrons. The van der Waals surface area contributed by atoms with Crippen LogP contribution in [-0.4, -0.2) is 10.4 Å². The molecule has 0 bridgehead atoms. The van der Waals surface area contributed by atoms with Gasteiger partial charge in [-0.05, 0) is 67.3 Å². The average Bonchev–Trinajstić information content (AvgIpc) is 3.22. The van der Waals surface area contributed by atoms with Gasteiger partial charge in [0.15, 0.2) is 0 Å². The van der Waals surface area contributed by atoms with Crippen molar-refractivity contribution < 1.29 is 4.79 Å². The Morgan fingerprint density at radius 1 is 0.906 bits per heavy atom. The Morgan fingerprint density at radius 2 is 1.59 bits per heavy atom. The van der Waals surface area contributed by atoms with Crippen molar-refractivity contribution in [3.63, 3.8) is 0 Å². The molecule has 174 valence electrons. The van der Waals surface area contributed by atoms with E-state index in [1.54, 1.807) is 0 Å². The number of carbonyl (C=O) groups excluding carboxylic acids is 1. The van der Waals surface area contributed by atoms with Crippen LogP contribution >= 0.6 is 0 Å². The van der Waals surface area contributed by atoms with Gasteiger partial charge in [-0.3, -0.25) is 4.79 Å². The second-order valence-electron chi connectivity index (χ2n) is 8.39. The third-order valence-electron chi connectivity index (χ3n) is 6.56. The van der Waals surface area contributed by atoms with E-state index in [0.717, 1.165) is 44.9 Å². The van der Waals surface area contributed by atoms with Crippen molar-refractivity contribution in [1.82, 2.24) is 4.57 Å². The zero-order valence-electron chi connectivity index (χ0n) is 21.2. The zero-order valence-corrected chi connectivity index (χ0v) is 21.2. The van der Waals surface area contributed by atoms with Gasteiger partial charge < -0.3 is 4.57 Å². The predicted molar refractivity (Wildman–Crippen MR) is 140 cm³/mol. The number of rotatable bonds is 6. The first kappa shape index (κ1) is 25.9. The van der Waals surface area contributed by atoms with Crippen LogP contribution in [0.5, 0.6) is 0 Å². The number of fused-ring (bicyclic) bond motifs is 1. The highest BCUT2D eigenvalue weighted by Crippen LogP contribution is 2.38. The largest absolute Gasteiger partial charge is 0.344 e. The van der Waals surface area contributed by atoms with Gasteiger partial charge >= 0.3 is 0 Å². The Bertz CT molecular complexity index is 960. The molecule has 0 saturated heterocycles. The number of para-hydroxylation sites is 1. The van der Waals surface area contributed by atoms with E-state index in [1.165, 1.54) is 27.7 Å². The molecule has 4 rings (SSSR count). The van der Waals surface area contributed by atoms with Crippen molar-refractivity contribution in [1.29, 1.82) is 0 Å². The minimum Gasteiger partial charge on any atom is -0.344 e.